The zero-order valence-corrected chi connectivity index (χ0v) is 45.4. The molecular formula is C70H84B2. The van der Waals surface area contributed by atoms with Crippen molar-refractivity contribution >= 4 is 70.4 Å². The first-order valence-corrected chi connectivity index (χ1v) is 27.4. The Labute approximate surface area is 438 Å². The van der Waals surface area contributed by atoms with E-state index in [9.17, 15) is 0 Å². The molecule has 72 heavy (non-hydrogen) atoms. The summed E-state index contributed by atoms with van der Waals surface area (Å²) in [4.78, 5) is 0. The molecule has 0 saturated heterocycles. The zero-order valence-electron chi connectivity index (χ0n) is 45.4. The summed E-state index contributed by atoms with van der Waals surface area (Å²) in [5.41, 5.74) is 21.8. The van der Waals surface area contributed by atoms with Crippen LogP contribution in [0.4, 0.5) is 0 Å². The third-order valence-electron chi connectivity index (χ3n) is 15.3. The van der Waals surface area contributed by atoms with Gasteiger partial charge in [0.1, 0.15) is 7.28 Å². The summed E-state index contributed by atoms with van der Waals surface area (Å²) < 4.78 is 0. The third kappa shape index (κ3) is 16.5. The summed E-state index contributed by atoms with van der Waals surface area (Å²) in [5.74, 6) is 2.23. The van der Waals surface area contributed by atoms with E-state index in [0.29, 0.717) is 5.92 Å². The van der Waals surface area contributed by atoms with Crippen molar-refractivity contribution in [1.29, 1.82) is 0 Å². The predicted molar refractivity (Wildman–Crippen MR) is 329 cm³/mol. The van der Waals surface area contributed by atoms with Gasteiger partial charge < -0.3 is 0 Å². The van der Waals surface area contributed by atoms with Crippen molar-refractivity contribution in [2.45, 2.75) is 137 Å². The van der Waals surface area contributed by atoms with Crippen LogP contribution in [-0.4, -0.2) is 14.6 Å². The second-order valence-electron chi connectivity index (χ2n) is 21.7. The summed E-state index contributed by atoms with van der Waals surface area (Å²) in [7, 11) is 2.33. The summed E-state index contributed by atoms with van der Waals surface area (Å²) >= 11 is 0. The summed E-state index contributed by atoms with van der Waals surface area (Å²) in [6.07, 6.45) is 22.1. The predicted octanol–water partition coefficient (Wildman–Crippen LogP) is 19.7. The molecule has 370 valence electrons. The largest absolute Gasteiger partial charge is 0.157 e. The molecule has 2 heteroatoms. The Bertz CT molecular complexity index is 2940. The lowest BCUT2D eigenvalue weighted by Gasteiger charge is -2.15. The van der Waals surface area contributed by atoms with Gasteiger partial charge in [-0.3, -0.25) is 0 Å². The van der Waals surface area contributed by atoms with Crippen LogP contribution in [0.25, 0.3) is 55.9 Å². The summed E-state index contributed by atoms with van der Waals surface area (Å²) in [6.45, 7) is 39.8. The summed E-state index contributed by atoms with van der Waals surface area (Å²) in [5, 5.41) is 5.03. The minimum atomic E-state index is 0.687. The molecule has 2 atom stereocenters. The van der Waals surface area contributed by atoms with Crippen LogP contribution in [0.5, 0.6) is 0 Å². The molecule has 6 aromatic carbocycles. The Kier molecular flexibility index (Phi) is 21.2. The van der Waals surface area contributed by atoms with E-state index < -0.39 is 0 Å². The van der Waals surface area contributed by atoms with Gasteiger partial charge in [0.15, 0.2) is 7.28 Å². The normalized spacial score (nSPS) is 12.2. The second kappa shape index (κ2) is 27.7. The van der Waals surface area contributed by atoms with Gasteiger partial charge in [-0.2, -0.15) is 0 Å². The lowest BCUT2D eigenvalue weighted by atomic mass is 9.58. The molecule has 0 heterocycles. The van der Waals surface area contributed by atoms with E-state index in [1.165, 1.54) is 146 Å². The quantitative estimate of drug-likeness (QED) is 0.0190. The van der Waals surface area contributed by atoms with Crippen LogP contribution in [-0.2, 0) is 19.3 Å². The standard InChI is InChI=1S/C70H84B2/c1-13-50(6)48-72-55(11)25-30-67-45-63(34-33-60(67)15-3)54(10)41-58-27-32-70-47-68(38-37-66(70)43-58)59(14-2)20-18-16-17-19-39-71-56(12)64-35-36-65-42-57(26-31-69(65)46-64)40-53(9)62-29-24-52(8)61(44-62)28-23-51(7)22-21-49(4)5/h15,23-24,26-29,31-38,42-47,49-50,55,71-72H,2-3,7,9-10,12-13,16-22,25,30,39-41,48H2,1,4-6,8,11H3/b28-23-. The number of allylic oxidation sites excluding steroid dienone is 5. The van der Waals surface area contributed by atoms with Crippen molar-refractivity contribution in [3.8, 4) is 0 Å². The molecule has 6 aromatic rings. The fraction of sp³-hybridized carbons (Fsp3) is 0.329. The first kappa shape index (κ1) is 55.2. The molecule has 0 spiro atoms. The Morgan fingerprint density at radius 2 is 1.22 bits per heavy atom. The van der Waals surface area contributed by atoms with E-state index in [1.807, 2.05) is 6.08 Å². The van der Waals surface area contributed by atoms with Gasteiger partial charge in [-0.05, 0) is 164 Å². The van der Waals surface area contributed by atoms with Crippen molar-refractivity contribution in [3.05, 3.63) is 222 Å². The SMILES string of the molecule is C=C=C(CCCCCCBC(=C)c1ccc2cc(CC(=C)c3ccc(C)c(/C=C\C(=C)CCC(C)C)c3)ccc2c1)c1ccc2cc(CC(=C)c3ccc(C=C)c(CCC(C)BCC(C)CC)c3)ccc2c1. The maximum atomic E-state index is 4.56. The average molecular weight is 947 g/mol. The highest BCUT2D eigenvalue weighted by Gasteiger charge is 2.13. The monoisotopic (exact) mass is 947 g/mol. The van der Waals surface area contributed by atoms with Crippen LogP contribution >= 0.6 is 0 Å². The average Bonchev–Trinajstić information content (AvgIpc) is 3.38. The molecule has 0 saturated carbocycles. The van der Waals surface area contributed by atoms with Crippen LogP contribution in [0.15, 0.2) is 166 Å². The van der Waals surface area contributed by atoms with Crippen LogP contribution in [0, 0.1) is 18.8 Å². The van der Waals surface area contributed by atoms with Gasteiger partial charge in [0.2, 0.25) is 0 Å². The number of hydrogen-bond donors (Lipinski definition) is 0. The van der Waals surface area contributed by atoms with Crippen molar-refractivity contribution in [2.75, 3.05) is 0 Å². The molecule has 0 aliphatic rings. The zero-order chi connectivity index (χ0) is 51.6. The van der Waals surface area contributed by atoms with Gasteiger partial charge in [-0.25, -0.2) is 0 Å². The smallest absolute Gasteiger partial charge is 0.125 e. The Balaban J connectivity index is 0.923. The molecule has 6 rings (SSSR count). The molecule has 0 aromatic heterocycles. The second-order valence-corrected chi connectivity index (χ2v) is 21.7. The van der Waals surface area contributed by atoms with Crippen molar-refractivity contribution in [2.24, 2.45) is 11.8 Å². The number of hydrogen-bond acceptors (Lipinski definition) is 0. The van der Waals surface area contributed by atoms with E-state index >= 15 is 0 Å². The van der Waals surface area contributed by atoms with Crippen LogP contribution in [0.2, 0.25) is 18.5 Å². The molecule has 0 fully saturated rings. The first-order chi connectivity index (χ1) is 34.7. The Hall–Kier alpha value is -6.07. The topological polar surface area (TPSA) is 0 Å². The third-order valence-corrected chi connectivity index (χ3v) is 15.3. The lowest BCUT2D eigenvalue weighted by Crippen LogP contribution is -2.06. The number of rotatable bonds is 29. The number of fused-ring (bicyclic) bond motifs is 2. The van der Waals surface area contributed by atoms with E-state index in [1.54, 1.807) is 0 Å². The van der Waals surface area contributed by atoms with Gasteiger partial charge in [-0.1, -0.05) is 244 Å². The van der Waals surface area contributed by atoms with Crippen LogP contribution < -0.4 is 0 Å². The molecule has 0 N–H and O–H groups in total. The molecule has 0 aliphatic carbocycles. The summed E-state index contributed by atoms with van der Waals surface area (Å²) in [6, 6.07) is 40.9. The van der Waals surface area contributed by atoms with Gasteiger partial charge >= 0.3 is 0 Å². The highest BCUT2D eigenvalue weighted by atomic mass is 14.2. The molecule has 0 bridgehead atoms. The van der Waals surface area contributed by atoms with Crippen molar-refractivity contribution in [3.63, 3.8) is 0 Å². The number of aryl methyl sites for hydroxylation is 2. The van der Waals surface area contributed by atoms with Gasteiger partial charge in [-0.15, -0.1) is 12.3 Å². The fourth-order valence-corrected chi connectivity index (χ4v) is 9.93. The molecular weight excluding hydrogens is 862 g/mol. The highest BCUT2D eigenvalue weighted by Crippen LogP contribution is 2.31. The van der Waals surface area contributed by atoms with Crippen molar-refractivity contribution in [1.82, 2.24) is 0 Å². The maximum absolute atomic E-state index is 4.56. The van der Waals surface area contributed by atoms with Crippen LogP contribution in [0.1, 0.15) is 148 Å². The molecule has 0 radical (unpaired) electrons. The molecule has 0 amide bonds. The minimum Gasteiger partial charge on any atom is -0.125 e. The van der Waals surface area contributed by atoms with Gasteiger partial charge in [0.05, 0.1) is 0 Å². The maximum Gasteiger partial charge on any atom is 0.157 e. The van der Waals surface area contributed by atoms with Crippen LogP contribution in [0.3, 0.4) is 0 Å². The van der Waals surface area contributed by atoms with Crippen molar-refractivity contribution < 1.29 is 0 Å². The van der Waals surface area contributed by atoms with Gasteiger partial charge in [0.25, 0.3) is 0 Å². The molecule has 0 nitrogen and oxygen atoms in total. The van der Waals surface area contributed by atoms with Gasteiger partial charge in [0, 0.05) is 5.57 Å². The highest BCUT2D eigenvalue weighted by molar-refractivity contribution is 6.60. The van der Waals surface area contributed by atoms with E-state index in [4.69, 9.17) is 0 Å². The Morgan fingerprint density at radius 3 is 1.88 bits per heavy atom. The van der Waals surface area contributed by atoms with E-state index in [2.05, 4.69) is 208 Å². The van der Waals surface area contributed by atoms with E-state index in [-0.39, 0.29) is 0 Å². The first-order valence-electron chi connectivity index (χ1n) is 27.4. The molecule has 2 unspecified atom stereocenters. The van der Waals surface area contributed by atoms with E-state index in [0.717, 1.165) is 75.0 Å². The minimum absolute atomic E-state index is 0.687. The number of unbranched alkanes of at least 4 members (excludes halogenated alkanes) is 3. The number of benzene rings is 6. The molecule has 0 aliphatic heterocycles. The lowest BCUT2D eigenvalue weighted by molar-refractivity contribution is 0.588. The Morgan fingerprint density at radius 1 is 0.625 bits per heavy atom. The fourth-order valence-electron chi connectivity index (χ4n) is 9.93.